The van der Waals surface area contributed by atoms with Crippen LogP contribution in [0.5, 0.6) is 5.75 Å². The van der Waals surface area contributed by atoms with Crippen molar-refractivity contribution >= 4 is 6.09 Å². The number of benzene rings is 1. The zero-order valence-corrected chi connectivity index (χ0v) is 9.79. The van der Waals surface area contributed by atoms with E-state index in [0.717, 1.165) is 30.6 Å². The lowest BCUT2D eigenvalue weighted by Gasteiger charge is -2.33. The third kappa shape index (κ3) is 1.55. The first-order valence-corrected chi connectivity index (χ1v) is 5.86. The molecule has 1 heterocycles. The Morgan fingerprint density at radius 2 is 2.35 bits per heavy atom. The van der Waals surface area contributed by atoms with E-state index < -0.39 is 0 Å². The molecule has 1 aromatic rings. The number of carbonyl (C=O) groups is 1. The zero-order chi connectivity index (χ0) is 11.9. The third-order valence-corrected chi connectivity index (χ3v) is 3.67. The van der Waals surface area contributed by atoms with Crippen LogP contribution in [0.25, 0.3) is 0 Å². The first kappa shape index (κ1) is 10.4. The van der Waals surface area contributed by atoms with Gasteiger partial charge in [-0.25, -0.2) is 4.79 Å². The highest BCUT2D eigenvalue weighted by Crippen LogP contribution is 2.39. The summed E-state index contributed by atoms with van der Waals surface area (Å²) in [6, 6.07) is 6.07. The summed E-state index contributed by atoms with van der Waals surface area (Å²) in [7, 11) is 1.65. The van der Waals surface area contributed by atoms with Gasteiger partial charge in [0.25, 0.3) is 0 Å². The summed E-state index contributed by atoms with van der Waals surface area (Å²) in [6.07, 6.45) is 2.74. The van der Waals surface area contributed by atoms with Crippen molar-refractivity contribution in [2.75, 3.05) is 13.7 Å². The van der Waals surface area contributed by atoms with Crippen LogP contribution >= 0.6 is 0 Å². The van der Waals surface area contributed by atoms with E-state index in [1.54, 1.807) is 7.11 Å². The van der Waals surface area contributed by atoms with Gasteiger partial charge in [0.15, 0.2) is 0 Å². The van der Waals surface area contributed by atoms with Gasteiger partial charge in [0, 0.05) is 0 Å². The molecule has 1 aliphatic carbocycles. The van der Waals surface area contributed by atoms with E-state index in [9.17, 15) is 4.79 Å². The molecule has 1 amide bonds. The summed E-state index contributed by atoms with van der Waals surface area (Å²) in [5, 5.41) is 2.96. The number of amides is 1. The number of fused-ring (bicyclic) bond motifs is 2. The van der Waals surface area contributed by atoms with Crippen molar-refractivity contribution in [1.29, 1.82) is 0 Å². The Labute approximate surface area is 99.9 Å². The summed E-state index contributed by atoms with van der Waals surface area (Å²) < 4.78 is 10.3. The number of hydrogen-bond acceptors (Lipinski definition) is 3. The Kier molecular flexibility index (Phi) is 2.24. The molecule has 1 saturated heterocycles. The van der Waals surface area contributed by atoms with Crippen LogP contribution in [0.1, 0.15) is 24.0 Å². The Hall–Kier alpha value is -1.71. The molecule has 1 N–H and O–H groups in total. The van der Waals surface area contributed by atoms with Crippen molar-refractivity contribution in [2.24, 2.45) is 0 Å². The molecule has 2 aliphatic rings. The monoisotopic (exact) mass is 233 g/mol. The minimum absolute atomic E-state index is 0.319. The topological polar surface area (TPSA) is 47.6 Å². The van der Waals surface area contributed by atoms with Crippen molar-refractivity contribution < 1.29 is 14.3 Å². The fraction of sp³-hybridized carbons (Fsp3) is 0.462. The predicted molar refractivity (Wildman–Crippen MR) is 62.1 cm³/mol. The smallest absolute Gasteiger partial charge is 0.408 e. The van der Waals surface area contributed by atoms with E-state index >= 15 is 0 Å². The van der Waals surface area contributed by atoms with E-state index in [2.05, 4.69) is 11.4 Å². The minimum Gasteiger partial charge on any atom is -0.497 e. The van der Waals surface area contributed by atoms with Crippen molar-refractivity contribution in [1.82, 2.24) is 5.32 Å². The van der Waals surface area contributed by atoms with Gasteiger partial charge in [0.05, 0.1) is 7.11 Å². The molecule has 90 valence electrons. The summed E-state index contributed by atoms with van der Waals surface area (Å²) in [5.74, 6) is 0.825. The maximum absolute atomic E-state index is 11.3. The summed E-state index contributed by atoms with van der Waals surface area (Å²) in [4.78, 5) is 11.3. The second kappa shape index (κ2) is 3.65. The van der Waals surface area contributed by atoms with Gasteiger partial charge in [-0.05, 0) is 42.5 Å². The number of nitrogens with one attached hydrogen (secondary N) is 1. The number of aryl methyl sites for hydroxylation is 1. The maximum Gasteiger partial charge on any atom is 0.408 e. The molecule has 0 radical (unpaired) electrons. The SMILES string of the molecule is COc1ccc2c(c1)C1(CCC2)COC(=O)N1. The average molecular weight is 233 g/mol. The van der Waals surface area contributed by atoms with Gasteiger partial charge in [0.1, 0.15) is 17.9 Å². The zero-order valence-electron chi connectivity index (χ0n) is 9.79. The molecule has 0 saturated carbocycles. The van der Waals surface area contributed by atoms with E-state index in [4.69, 9.17) is 9.47 Å². The molecule has 1 fully saturated rings. The molecule has 1 aliphatic heterocycles. The molecule has 1 spiro atoms. The van der Waals surface area contributed by atoms with Crippen LogP contribution in [-0.2, 0) is 16.7 Å². The maximum atomic E-state index is 11.3. The fourth-order valence-corrected chi connectivity index (χ4v) is 2.80. The van der Waals surface area contributed by atoms with E-state index in [1.165, 1.54) is 5.56 Å². The highest BCUT2D eigenvalue weighted by molar-refractivity contribution is 5.72. The standard InChI is InChI=1S/C13H15NO3/c1-16-10-5-4-9-3-2-6-13(11(9)7-10)8-17-12(15)14-13/h4-5,7H,2-3,6,8H2,1H3,(H,14,15). The first-order chi connectivity index (χ1) is 8.23. The Bertz CT molecular complexity index is 472. The van der Waals surface area contributed by atoms with Crippen molar-refractivity contribution in [3.05, 3.63) is 29.3 Å². The summed E-state index contributed by atoms with van der Waals surface area (Å²) >= 11 is 0. The molecule has 1 atom stereocenters. The van der Waals surface area contributed by atoms with Gasteiger partial charge in [-0.15, -0.1) is 0 Å². The van der Waals surface area contributed by atoms with E-state index in [0.29, 0.717) is 6.61 Å². The summed E-state index contributed by atoms with van der Waals surface area (Å²) in [6.45, 7) is 0.423. The molecular formula is C13H15NO3. The first-order valence-electron chi connectivity index (χ1n) is 5.86. The molecule has 1 unspecified atom stereocenters. The van der Waals surface area contributed by atoms with Crippen LogP contribution in [0, 0.1) is 0 Å². The van der Waals surface area contributed by atoms with E-state index in [1.807, 2.05) is 12.1 Å². The normalized spacial score (nSPS) is 26.3. The number of alkyl carbamates (subject to hydrolysis) is 1. The van der Waals surface area contributed by atoms with Gasteiger partial charge in [-0.2, -0.15) is 0 Å². The Balaban J connectivity index is 2.08. The molecule has 4 heteroatoms. The Morgan fingerprint density at radius 1 is 1.47 bits per heavy atom. The average Bonchev–Trinajstić information content (AvgIpc) is 2.72. The Morgan fingerprint density at radius 3 is 3.06 bits per heavy atom. The number of methoxy groups -OCH3 is 1. The van der Waals surface area contributed by atoms with Gasteiger partial charge < -0.3 is 14.8 Å². The number of hydrogen-bond donors (Lipinski definition) is 1. The highest BCUT2D eigenvalue weighted by atomic mass is 16.6. The van der Waals surface area contributed by atoms with Crippen LogP contribution in [0.15, 0.2) is 18.2 Å². The second-order valence-corrected chi connectivity index (χ2v) is 4.66. The molecular weight excluding hydrogens is 218 g/mol. The number of rotatable bonds is 1. The lowest BCUT2D eigenvalue weighted by atomic mass is 9.77. The predicted octanol–water partition coefficient (Wildman–Crippen LogP) is 1.97. The number of cyclic esters (lactones) is 1. The van der Waals surface area contributed by atoms with Crippen molar-refractivity contribution in [3.63, 3.8) is 0 Å². The van der Waals surface area contributed by atoms with Crippen molar-refractivity contribution in [3.8, 4) is 5.75 Å². The van der Waals surface area contributed by atoms with Crippen LogP contribution in [-0.4, -0.2) is 19.8 Å². The second-order valence-electron chi connectivity index (χ2n) is 4.66. The van der Waals surface area contributed by atoms with Gasteiger partial charge in [0.2, 0.25) is 0 Å². The van der Waals surface area contributed by atoms with Crippen LogP contribution in [0.2, 0.25) is 0 Å². The molecule has 0 aromatic heterocycles. The number of ether oxygens (including phenoxy) is 2. The number of carbonyl (C=O) groups excluding carboxylic acids is 1. The molecule has 3 rings (SSSR count). The highest BCUT2D eigenvalue weighted by Gasteiger charge is 2.44. The molecule has 0 bridgehead atoms. The molecule has 1 aromatic carbocycles. The quantitative estimate of drug-likeness (QED) is 0.806. The molecule has 17 heavy (non-hydrogen) atoms. The van der Waals surface area contributed by atoms with Crippen LogP contribution < -0.4 is 10.1 Å². The largest absolute Gasteiger partial charge is 0.497 e. The van der Waals surface area contributed by atoms with Crippen LogP contribution in [0.4, 0.5) is 4.79 Å². The lowest BCUT2D eigenvalue weighted by molar-refractivity contribution is 0.170. The lowest BCUT2D eigenvalue weighted by Crippen LogP contribution is -2.43. The van der Waals surface area contributed by atoms with Crippen molar-refractivity contribution in [2.45, 2.75) is 24.8 Å². The van der Waals surface area contributed by atoms with Gasteiger partial charge in [-0.3, -0.25) is 0 Å². The molecule has 4 nitrogen and oxygen atoms in total. The van der Waals surface area contributed by atoms with Crippen LogP contribution in [0.3, 0.4) is 0 Å². The summed E-state index contributed by atoms with van der Waals surface area (Å²) in [5.41, 5.74) is 2.09. The minimum atomic E-state index is -0.334. The van der Waals surface area contributed by atoms with E-state index in [-0.39, 0.29) is 11.6 Å². The third-order valence-electron chi connectivity index (χ3n) is 3.67. The van der Waals surface area contributed by atoms with Gasteiger partial charge in [-0.1, -0.05) is 6.07 Å². The van der Waals surface area contributed by atoms with Gasteiger partial charge >= 0.3 is 6.09 Å². The fourth-order valence-electron chi connectivity index (χ4n) is 2.80.